The van der Waals surface area contributed by atoms with Crippen LogP contribution in [0.5, 0.6) is 0 Å². The molecule has 0 spiro atoms. The summed E-state index contributed by atoms with van der Waals surface area (Å²) in [5.74, 6) is -1.21. The van der Waals surface area contributed by atoms with Gasteiger partial charge in [0, 0.05) is 5.92 Å². The van der Waals surface area contributed by atoms with Crippen LogP contribution in [-0.4, -0.2) is 32.5 Å². The standard InChI is InChI=1S/C10H13F2N3O2/c11-7(12)5-15-9(6-3-1-2-4-6)8(10(16)17)13-14-15/h6-7H,1-5H2,(H,16,17). The Balaban J connectivity index is 2.35. The van der Waals surface area contributed by atoms with Gasteiger partial charge in [-0.15, -0.1) is 5.10 Å². The lowest BCUT2D eigenvalue weighted by molar-refractivity contribution is 0.0687. The third kappa shape index (κ3) is 2.42. The highest BCUT2D eigenvalue weighted by Gasteiger charge is 2.29. The van der Waals surface area contributed by atoms with Gasteiger partial charge < -0.3 is 5.11 Å². The molecule has 0 bridgehead atoms. The van der Waals surface area contributed by atoms with Gasteiger partial charge in [-0.05, 0) is 12.8 Å². The van der Waals surface area contributed by atoms with Crippen molar-refractivity contribution in [2.24, 2.45) is 0 Å². The molecule has 5 nitrogen and oxygen atoms in total. The van der Waals surface area contributed by atoms with E-state index in [1.54, 1.807) is 0 Å². The normalized spacial score (nSPS) is 16.9. The monoisotopic (exact) mass is 245 g/mol. The lowest BCUT2D eigenvalue weighted by Crippen LogP contribution is -2.15. The highest BCUT2D eigenvalue weighted by molar-refractivity contribution is 5.86. The van der Waals surface area contributed by atoms with Gasteiger partial charge in [0.25, 0.3) is 6.43 Å². The van der Waals surface area contributed by atoms with E-state index in [4.69, 9.17) is 5.11 Å². The Labute approximate surface area is 96.4 Å². The van der Waals surface area contributed by atoms with Gasteiger partial charge in [-0.25, -0.2) is 18.3 Å². The average Bonchev–Trinajstić information content (AvgIpc) is 2.83. The molecule has 1 aromatic heterocycles. The highest BCUT2D eigenvalue weighted by Crippen LogP contribution is 2.35. The lowest BCUT2D eigenvalue weighted by atomic mass is 10.0. The molecule has 0 saturated heterocycles. The van der Waals surface area contributed by atoms with Crippen LogP contribution in [0.15, 0.2) is 0 Å². The zero-order valence-electron chi connectivity index (χ0n) is 9.14. The molecule has 0 unspecified atom stereocenters. The quantitative estimate of drug-likeness (QED) is 0.879. The van der Waals surface area contributed by atoms with E-state index in [1.807, 2.05) is 0 Å². The van der Waals surface area contributed by atoms with Crippen LogP contribution in [0.25, 0.3) is 0 Å². The van der Waals surface area contributed by atoms with Crippen LogP contribution in [0.3, 0.4) is 0 Å². The van der Waals surface area contributed by atoms with Gasteiger partial charge in [-0.3, -0.25) is 0 Å². The number of hydrogen-bond acceptors (Lipinski definition) is 3. The van der Waals surface area contributed by atoms with Crippen molar-refractivity contribution in [2.45, 2.75) is 44.6 Å². The number of nitrogens with zero attached hydrogens (tertiary/aromatic N) is 3. The summed E-state index contributed by atoms with van der Waals surface area (Å²) in [5, 5.41) is 16.0. The predicted molar refractivity (Wildman–Crippen MR) is 54.2 cm³/mol. The highest BCUT2D eigenvalue weighted by atomic mass is 19.3. The molecule has 1 aliphatic carbocycles. The lowest BCUT2D eigenvalue weighted by Gasteiger charge is -2.12. The number of halogens is 2. The van der Waals surface area contributed by atoms with Gasteiger partial charge in [-0.1, -0.05) is 18.1 Å². The first-order valence-corrected chi connectivity index (χ1v) is 5.54. The van der Waals surface area contributed by atoms with Gasteiger partial charge in [-0.2, -0.15) is 0 Å². The fourth-order valence-electron chi connectivity index (χ4n) is 2.34. The minimum absolute atomic E-state index is 0.00477. The number of aromatic nitrogens is 3. The van der Waals surface area contributed by atoms with Gasteiger partial charge >= 0.3 is 5.97 Å². The Morgan fingerprint density at radius 1 is 1.47 bits per heavy atom. The molecule has 1 saturated carbocycles. The summed E-state index contributed by atoms with van der Waals surface area (Å²) >= 11 is 0. The predicted octanol–water partition coefficient (Wildman–Crippen LogP) is 1.90. The average molecular weight is 245 g/mol. The number of carboxylic acid groups (broad SMARTS) is 1. The molecule has 0 atom stereocenters. The van der Waals surface area contributed by atoms with Crippen LogP contribution < -0.4 is 0 Å². The molecular weight excluding hydrogens is 232 g/mol. The minimum atomic E-state index is -2.56. The van der Waals surface area contributed by atoms with E-state index in [9.17, 15) is 13.6 Å². The van der Waals surface area contributed by atoms with Gasteiger partial charge in [0.1, 0.15) is 6.54 Å². The Kier molecular flexibility index (Phi) is 3.35. The molecule has 1 heterocycles. The van der Waals surface area contributed by atoms with Crippen LogP contribution in [0.2, 0.25) is 0 Å². The van der Waals surface area contributed by atoms with Crippen molar-refractivity contribution in [3.8, 4) is 0 Å². The SMILES string of the molecule is O=C(O)c1nnn(CC(F)F)c1C1CCCC1. The van der Waals surface area contributed by atoms with Crippen LogP contribution in [0, 0.1) is 0 Å². The van der Waals surface area contributed by atoms with Crippen molar-refractivity contribution in [3.63, 3.8) is 0 Å². The summed E-state index contributed by atoms with van der Waals surface area (Å²) in [7, 11) is 0. The summed E-state index contributed by atoms with van der Waals surface area (Å²) < 4.78 is 25.8. The summed E-state index contributed by atoms with van der Waals surface area (Å²) in [6, 6.07) is 0. The third-order valence-electron chi connectivity index (χ3n) is 3.03. The second-order valence-electron chi connectivity index (χ2n) is 4.18. The van der Waals surface area contributed by atoms with Crippen LogP contribution in [0.1, 0.15) is 47.8 Å². The van der Waals surface area contributed by atoms with E-state index < -0.39 is 18.9 Å². The van der Waals surface area contributed by atoms with E-state index in [1.165, 1.54) is 0 Å². The number of aromatic carboxylic acids is 1. The van der Waals surface area contributed by atoms with Crippen molar-refractivity contribution in [3.05, 3.63) is 11.4 Å². The van der Waals surface area contributed by atoms with Crippen LogP contribution in [-0.2, 0) is 6.54 Å². The smallest absolute Gasteiger partial charge is 0.358 e. The number of carbonyl (C=O) groups is 1. The first-order chi connectivity index (χ1) is 8.09. The summed E-state index contributed by atoms with van der Waals surface area (Å²) in [6.07, 6.45) is 1.06. The zero-order valence-corrected chi connectivity index (χ0v) is 9.14. The number of hydrogen-bond donors (Lipinski definition) is 1. The largest absolute Gasteiger partial charge is 0.476 e. The van der Waals surface area contributed by atoms with E-state index in [0.29, 0.717) is 5.69 Å². The Morgan fingerprint density at radius 2 is 2.12 bits per heavy atom. The van der Waals surface area contributed by atoms with Gasteiger partial charge in [0.05, 0.1) is 5.69 Å². The maximum Gasteiger partial charge on any atom is 0.358 e. The molecular formula is C10H13F2N3O2. The van der Waals surface area contributed by atoms with E-state index in [0.717, 1.165) is 30.4 Å². The van der Waals surface area contributed by atoms with E-state index in [-0.39, 0.29) is 11.6 Å². The molecule has 0 amide bonds. The zero-order chi connectivity index (χ0) is 12.4. The molecule has 1 fully saturated rings. The Bertz CT molecular complexity index is 414. The Hall–Kier alpha value is -1.53. The second kappa shape index (κ2) is 4.77. The van der Waals surface area contributed by atoms with E-state index >= 15 is 0 Å². The molecule has 1 N–H and O–H groups in total. The van der Waals surface area contributed by atoms with E-state index in [2.05, 4.69) is 10.3 Å². The van der Waals surface area contributed by atoms with Gasteiger partial charge in [0.15, 0.2) is 5.69 Å². The fourth-order valence-corrected chi connectivity index (χ4v) is 2.34. The first kappa shape index (κ1) is 11.9. The molecule has 1 aliphatic rings. The molecule has 0 aromatic carbocycles. The van der Waals surface area contributed by atoms with Crippen LogP contribution >= 0.6 is 0 Å². The molecule has 7 heteroatoms. The van der Waals surface area contributed by atoms with Crippen LogP contribution in [0.4, 0.5) is 8.78 Å². The van der Waals surface area contributed by atoms with Crippen molar-refractivity contribution in [1.82, 2.24) is 15.0 Å². The maximum absolute atomic E-state index is 12.4. The second-order valence-corrected chi connectivity index (χ2v) is 4.18. The minimum Gasteiger partial charge on any atom is -0.476 e. The summed E-state index contributed by atoms with van der Waals surface area (Å²) in [5.41, 5.74) is 0.174. The maximum atomic E-state index is 12.4. The first-order valence-electron chi connectivity index (χ1n) is 5.54. The summed E-state index contributed by atoms with van der Waals surface area (Å²) in [6.45, 7) is -0.591. The number of carboxylic acids is 1. The third-order valence-corrected chi connectivity index (χ3v) is 3.03. The van der Waals surface area contributed by atoms with Crippen molar-refractivity contribution >= 4 is 5.97 Å². The Morgan fingerprint density at radius 3 is 2.65 bits per heavy atom. The topological polar surface area (TPSA) is 68.0 Å². The van der Waals surface area contributed by atoms with Gasteiger partial charge in [0.2, 0.25) is 0 Å². The van der Waals surface area contributed by atoms with Crippen molar-refractivity contribution in [2.75, 3.05) is 0 Å². The number of alkyl halides is 2. The molecule has 0 radical (unpaired) electrons. The number of rotatable bonds is 4. The van der Waals surface area contributed by atoms with Crippen molar-refractivity contribution in [1.29, 1.82) is 0 Å². The summed E-state index contributed by atoms with van der Waals surface area (Å²) in [4.78, 5) is 11.0. The molecule has 0 aliphatic heterocycles. The fraction of sp³-hybridized carbons (Fsp3) is 0.700. The molecule has 2 rings (SSSR count). The van der Waals surface area contributed by atoms with Crippen molar-refractivity contribution < 1.29 is 18.7 Å². The molecule has 94 valence electrons. The molecule has 17 heavy (non-hydrogen) atoms. The molecule has 1 aromatic rings.